The third-order valence-electron chi connectivity index (χ3n) is 6.72. The first-order chi connectivity index (χ1) is 8.28. The Morgan fingerprint density at radius 3 is 1.12 bits per heavy atom. The summed E-state index contributed by atoms with van der Waals surface area (Å²) in [6, 6.07) is 0. The van der Waals surface area contributed by atoms with Gasteiger partial charge < -0.3 is 5.32 Å². The lowest BCUT2D eigenvalue weighted by atomic mass is 9.61. The number of hydrogen-bond donors (Lipinski definition) is 1. The van der Waals surface area contributed by atoms with Crippen molar-refractivity contribution >= 4 is 0 Å². The summed E-state index contributed by atoms with van der Waals surface area (Å²) in [6.45, 7) is 0. The predicted molar refractivity (Wildman–Crippen MR) is 71.0 cm³/mol. The first kappa shape index (κ1) is 10.8. The molecule has 6 rings (SSSR count). The van der Waals surface area contributed by atoms with Crippen LogP contribution < -0.4 is 5.32 Å². The maximum atomic E-state index is 4.26. The zero-order valence-electron chi connectivity index (χ0n) is 11.1. The zero-order chi connectivity index (χ0) is 11.3. The summed E-state index contributed by atoms with van der Waals surface area (Å²) in [7, 11) is 0. The first-order valence-electron chi connectivity index (χ1n) is 8.07. The molecule has 0 amide bonds. The summed E-state index contributed by atoms with van der Waals surface area (Å²) in [6.07, 6.45) is 18.1. The van der Waals surface area contributed by atoms with Crippen molar-refractivity contribution < 1.29 is 0 Å². The van der Waals surface area contributed by atoms with Crippen LogP contribution in [0.2, 0.25) is 0 Å². The maximum Gasteiger partial charge on any atom is 0.0187 e. The van der Waals surface area contributed by atoms with Crippen molar-refractivity contribution in [1.29, 1.82) is 0 Å². The van der Waals surface area contributed by atoms with Crippen molar-refractivity contribution in [2.24, 2.45) is 11.8 Å². The molecule has 96 valence electrons. The Bertz CT molecular complexity index is 235. The second kappa shape index (κ2) is 3.73. The molecule has 0 saturated heterocycles. The van der Waals surface area contributed by atoms with E-state index in [4.69, 9.17) is 0 Å². The Kier molecular flexibility index (Phi) is 2.38. The van der Waals surface area contributed by atoms with Gasteiger partial charge in [-0.2, -0.15) is 0 Å². The number of hydrogen-bond acceptors (Lipinski definition) is 1. The fourth-order valence-electron chi connectivity index (χ4n) is 5.44. The normalized spacial score (nSPS) is 52.9. The Labute approximate surface area is 106 Å². The molecule has 0 spiro atoms. The standard InChI is InChI=1S/C16H27N/c1-7-15(8-2-13(1)3-9-15)17-16-10-4-14(5-11-16)6-12-16/h13-14,17H,1-12H2. The minimum atomic E-state index is 0.582. The highest BCUT2D eigenvalue weighted by Crippen LogP contribution is 2.50. The van der Waals surface area contributed by atoms with Gasteiger partial charge in [-0.25, -0.2) is 0 Å². The van der Waals surface area contributed by atoms with E-state index in [1.54, 1.807) is 0 Å². The zero-order valence-corrected chi connectivity index (χ0v) is 11.1. The molecule has 1 N–H and O–H groups in total. The highest BCUT2D eigenvalue weighted by atomic mass is 15.1. The van der Waals surface area contributed by atoms with E-state index in [2.05, 4.69) is 5.32 Å². The minimum absolute atomic E-state index is 0.582. The second-order valence-electron chi connectivity index (χ2n) is 7.65. The van der Waals surface area contributed by atoms with Gasteiger partial charge in [0.05, 0.1) is 0 Å². The van der Waals surface area contributed by atoms with E-state index in [0.29, 0.717) is 11.1 Å². The molecule has 0 unspecified atom stereocenters. The summed E-state index contributed by atoms with van der Waals surface area (Å²) >= 11 is 0. The second-order valence-corrected chi connectivity index (χ2v) is 7.65. The van der Waals surface area contributed by atoms with Gasteiger partial charge in [0.1, 0.15) is 0 Å². The predicted octanol–water partition coefficient (Wildman–Crippen LogP) is 4.02. The molecule has 0 atom stereocenters. The third kappa shape index (κ3) is 1.77. The molecule has 0 aromatic carbocycles. The lowest BCUT2D eigenvalue weighted by Crippen LogP contribution is -2.63. The smallest absolute Gasteiger partial charge is 0.0187 e. The molecule has 6 saturated carbocycles. The third-order valence-corrected chi connectivity index (χ3v) is 6.72. The summed E-state index contributed by atoms with van der Waals surface area (Å²) in [5, 5.41) is 4.26. The fourth-order valence-corrected chi connectivity index (χ4v) is 5.44. The molecule has 4 bridgehead atoms. The molecule has 6 fully saturated rings. The van der Waals surface area contributed by atoms with Crippen LogP contribution in [0.15, 0.2) is 0 Å². The van der Waals surface area contributed by atoms with Gasteiger partial charge in [-0.05, 0) is 88.9 Å². The molecule has 6 aliphatic rings. The minimum Gasteiger partial charge on any atom is -0.306 e. The topological polar surface area (TPSA) is 12.0 Å². The van der Waals surface area contributed by atoms with E-state index in [-0.39, 0.29) is 0 Å². The first-order valence-corrected chi connectivity index (χ1v) is 8.07. The van der Waals surface area contributed by atoms with Crippen LogP contribution in [0.1, 0.15) is 77.0 Å². The summed E-state index contributed by atoms with van der Waals surface area (Å²) in [5.41, 5.74) is 1.16. The van der Waals surface area contributed by atoms with Crippen LogP contribution >= 0.6 is 0 Å². The van der Waals surface area contributed by atoms with Crippen molar-refractivity contribution in [3.05, 3.63) is 0 Å². The molecular formula is C16H27N. The van der Waals surface area contributed by atoms with Crippen molar-refractivity contribution in [2.75, 3.05) is 0 Å². The molecule has 0 radical (unpaired) electrons. The van der Waals surface area contributed by atoms with E-state index in [9.17, 15) is 0 Å². The van der Waals surface area contributed by atoms with Crippen LogP contribution in [0.4, 0.5) is 0 Å². The number of nitrogens with one attached hydrogen (secondary N) is 1. The lowest BCUT2D eigenvalue weighted by Gasteiger charge is -2.56. The van der Waals surface area contributed by atoms with Crippen LogP contribution in [0.3, 0.4) is 0 Å². The average Bonchev–Trinajstić information content (AvgIpc) is 2.42. The van der Waals surface area contributed by atoms with Crippen LogP contribution in [0.5, 0.6) is 0 Å². The van der Waals surface area contributed by atoms with E-state index in [1.807, 2.05) is 0 Å². The number of fused-ring (bicyclic) bond motifs is 6. The molecular weight excluding hydrogens is 206 g/mol. The van der Waals surface area contributed by atoms with E-state index in [0.717, 1.165) is 11.8 Å². The van der Waals surface area contributed by atoms with Crippen molar-refractivity contribution in [3.8, 4) is 0 Å². The SMILES string of the molecule is C1CC2(NC34CCC(CC3)CC4)CCC1CC2. The van der Waals surface area contributed by atoms with Gasteiger partial charge in [0.15, 0.2) is 0 Å². The monoisotopic (exact) mass is 233 g/mol. The summed E-state index contributed by atoms with van der Waals surface area (Å²) in [5.74, 6) is 2.19. The van der Waals surface area contributed by atoms with Crippen molar-refractivity contribution in [1.82, 2.24) is 5.32 Å². The summed E-state index contributed by atoms with van der Waals surface area (Å²) < 4.78 is 0. The van der Waals surface area contributed by atoms with Crippen LogP contribution in [0, 0.1) is 11.8 Å². The van der Waals surface area contributed by atoms with Gasteiger partial charge in [-0.1, -0.05) is 0 Å². The Hall–Kier alpha value is -0.0400. The van der Waals surface area contributed by atoms with Crippen LogP contribution in [-0.2, 0) is 0 Å². The molecule has 17 heavy (non-hydrogen) atoms. The van der Waals surface area contributed by atoms with Gasteiger partial charge in [-0.3, -0.25) is 0 Å². The average molecular weight is 233 g/mol. The van der Waals surface area contributed by atoms with Gasteiger partial charge in [0.25, 0.3) is 0 Å². The van der Waals surface area contributed by atoms with Gasteiger partial charge >= 0.3 is 0 Å². The van der Waals surface area contributed by atoms with Gasteiger partial charge in [0.2, 0.25) is 0 Å². The Morgan fingerprint density at radius 1 is 0.529 bits per heavy atom. The largest absolute Gasteiger partial charge is 0.306 e. The van der Waals surface area contributed by atoms with Gasteiger partial charge in [0, 0.05) is 11.1 Å². The Balaban J connectivity index is 1.52. The number of rotatable bonds is 2. The van der Waals surface area contributed by atoms with E-state index in [1.165, 1.54) is 77.0 Å². The lowest BCUT2D eigenvalue weighted by molar-refractivity contribution is 0.0195. The molecule has 0 aromatic rings. The molecule has 1 nitrogen and oxygen atoms in total. The molecule has 0 heterocycles. The molecule has 6 aliphatic carbocycles. The highest BCUT2D eigenvalue weighted by molar-refractivity contribution is 5.07. The fraction of sp³-hybridized carbons (Fsp3) is 1.00. The molecule has 0 aliphatic heterocycles. The van der Waals surface area contributed by atoms with Crippen LogP contribution in [0.25, 0.3) is 0 Å². The van der Waals surface area contributed by atoms with Crippen molar-refractivity contribution in [2.45, 2.75) is 88.1 Å². The van der Waals surface area contributed by atoms with Gasteiger partial charge in [-0.15, -0.1) is 0 Å². The molecule has 0 aromatic heterocycles. The summed E-state index contributed by atoms with van der Waals surface area (Å²) in [4.78, 5) is 0. The quantitative estimate of drug-likeness (QED) is 0.759. The molecule has 1 heteroatoms. The highest BCUT2D eigenvalue weighted by Gasteiger charge is 2.48. The Morgan fingerprint density at radius 2 is 0.824 bits per heavy atom. The van der Waals surface area contributed by atoms with E-state index < -0.39 is 0 Å². The maximum absolute atomic E-state index is 4.26. The van der Waals surface area contributed by atoms with Crippen molar-refractivity contribution in [3.63, 3.8) is 0 Å². The van der Waals surface area contributed by atoms with E-state index >= 15 is 0 Å². The van der Waals surface area contributed by atoms with Crippen LogP contribution in [-0.4, -0.2) is 11.1 Å².